The van der Waals surface area contributed by atoms with Crippen LogP contribution in [0.2, 0.25) is 0 Å². The summed E-state index contributed by atoms with van der Waals surface area (Å²) in [6, 6.07) is 11.3. The van der Waals surface area contributed by atoms with E-state index in [1.165, 1.54) is 0 Å². The van der Waals surface area contributed by atoms with Crippen molar-refractivity contribution in [3.8, 4) is 11.5 Å². The first-order chi connectivity index (χ1) is 10.4. The summed E-state index contributed by atoms with van der Waals surface area (Å²) >= 11 is 0. The van der Waals surface area contributed by atoms with Crippen molar-refractivity contribution in [1.82, 2.24) is 0 Å². The molecule has 0 atom stereocenters. The Labute approximate surface area is 146 Å². The first-order valence-electron chi connectivity index (χ1n) is 6.50. The van der Waals surface area contributed by atoms with E-state index in [-0.39, 0.29) is 26.2 Å². The van der Waals surface area contributed by atoms with Gasteiger partial charge in [-0.15, -0.1) is 12.1 Å². The summed E-state index contributed by atoms with van der Waals surface area (Å²) in [5, 5.41) is 21.6. The van der Waals surface area contributed by atoms with Crippen molar-refractivity contribution in [1.29, 1.82) is 0 Å². The van der Waals surface area contributed by atoms with Crippen LogP contribution in [0.5, 0.6) is 11.5 Å². The Morgan fingerprint density at radius 3 is 2.00 bits per heavy atom. The molecular formula is C15H13N2O5Re-. The standard InChI is InChI=1S/C15H13N2O5.Re/c1-10(2)11-3-5-14(6-4-11)22-15-8-12(16(18)19)7-13(9-15)17(20)21;/h3-5,7-10H,1-2H3;/q-1;. The normalized spacial score (nSPS) is 10.0. The average Bonchev–Trinajstić information content (AvgIpc) is 2.47. The van der Waals surface area contributed by atoms with Gasteiger partial charge in [-0.25, -0.2) is 0 Å². The monoisotopic (exact) mass is 488 g/mol. The summed E-state index contributed by atoms with van der Waals surface area (Å²) in [7, 11) is 0. The first-order valence-corrected chi connectivity index (χ1v) is 6.50. The van der Waals surface area contributed by atoms with Crippen LogP contribution in [0, 0.1) is 26.3 Å². The van der Waals surface area contributed by atoms with Gasteiger partial charge in [-0.2, -0.15) is 17.7 Å². The molecule has 0 amide bonds. The molecule has 1 radical (unpaired) electrons. The van der Waals surface area contributed by atoms with Crippen molar-refractivity contribution >= 4 is 11.4 Å². The number of rotatable bonds is 5. The fourth-order valence-corrected chi connectivity index (χ4v) is 1.81. The minimum absolute atomic E-state index is 0. The van der Waals surface area contributed by atoms with E-state index in [1.54, 1.807) is 12.1 Å². The van der Waals surface area contributed by atoms with Crippen molar-refractivity contribution in [2.45, 2.75) is 19.8 Å². The molecule has 0 N–H and O–H groups in total. The van der Waals surface area contributed by atoms with Gasteiger partial charge in [0.1, 0.15) is 5.75 Å². The molecule has 0 unspecified atom stereocenters. The summed E-state index contributed by atoms with van der Waals surface area (Å²) in [5.74, 6) is 0.692. The molecule has 2 aromatic carbocycles. The van der Waals surface area contributed by atoms with E-state index in [0.717, 1.165) is 23.8 Å². The molecule has 0 fully saturated rings. The van der Waals surface area contributed by atoms with Gasteiger partial charge in [-0.3, -0.25) is 20.2 Å². The number of benzene rings is 2. The molecule has 0 saturated carbocycles. The van der Waals surface area contributed by atoms with Gasteiger partial charge in [-0.1, -0.05) is 19.8 Å². The fourth-order valence-electron chi connectivity index (χ4n) is 1.81. The average molecular weight is 487 g/mol. The number of hydrogen-bond acceptors (Lipinski definition) is 5. The molecule has 0 aliphatic rings. The van der Waals surface area contributed by atoms with E-state index in [4.69, 9.17) is 4.74 Å². The Balaban J connectivity index is 0.00000264. The summed E-state index contributed by atoms with van der Waals surface area (Å²) in [4.78, 5) is 20.2. The van der Waals surface area contributed by atoms with Gasteiger partial charge in [0.05, 0.1) is 28.0 Å². The Hall–Kier alpha value is -2.30. The molecule has 0 aromatic heterocycles. The van der Waals surface area contributed by atoms with Gasteiger partial charge in [0, 0.05) is 26.2 Å². The van der Waals surface area contributed by atoms with Crippen LogP contribution in [0.15, 0.2) is 36.4 Å². The van der Waals surface area contributed by atoms with Crippen LogP contribution >= 0.6 is 0 Å². The number of non-ortho nitro benzene ring substituents is 2. The molecule has 0 saturated heterocycles. The summed E-state index contributed by atoms with van der Waals surface area (Å²) in [6.45, 7) is 4.07. The number of nitro benzene ring substituents is 2. The fraction of sp³-hybridized carbons (Fsp3) is 0.200. The summed E-state index contributed by atoms with van der Waals surface area (Å²) < 4.78 is 5.43. The van der Waals surface area contributed by atoms with Gasteiger partial charge in [0.15, 0.2) is 0 Å². The van der Waals surface area contributed by atoms with Crippen molar-refractivity contribution < 1.29 is 35.0 Å². The zero-order valence-electron chi connectivity index (χ0n) is 12.4. The summed E-state index contributed by atoms with van der Waals surface area (Å²) in [6.07, 6.45) is 0. The maximum Gasteiger partial charge on any atom is 0.280 e. The van der Waals surface area contributed by atoms with E-state index < -0.39 is 21.2 Å². The van der Waals surface area contributed by atoms with E-state index in [1.807, 2.05) is 19.9 Å². The third-order valence-corrected chi connectivity index (χ3v) is 3.00. The Morgan fingerprint density at radius 1 is 1.04 bits per heavy atom. The second-order valence-corrected chi connectivity index (χ2v) is 4.94. The Bertz CT molecular complexity index is 684. The predicted octanol–water partition coefficient (Wildman–Crippen LogP) is 4.22. The van der Waals surface area contributed by atoms with Crippen LogP contribution < -0.4 is 4.74 Å². The van der Waals surface area contributed by atoms with Gasteiger partial charge in [-0.05, 0) is 0 Å². The van der Waals surface area contributed by atoms with E-state index in [2.05, 4.69) is 6.07 Å². The number of nitro groups is 2. The smallest absolute Gasteiger partial charge is 0.280 e. The Morgan fingerprint density at radius 2 is 1.61 bits per heavy atom. The predicted molar refractivity (Wildman–Crippen MR) is 79.2 cm³/mol. The van der Waals surface area contributed by atoms with Crippen LogP contribution in [0.1, 0.15) is 25.3 Å². The minimum atomic E-state index is -0.703. The zero-order valence-corrected chi connectivity index (χ0v) is 15.1. The minimum Gasteiger partial charge on any atom is -0.483 e. The maximum atomic E-state index is 10.8. The van der Waals surface area contributed by atoms with Crippen LogP contribution in [-0.2, 0) is 20.4 Å². The molecule has 2 rings (SSSR count). The second kappa shape index (κ2) is 7.81. The van der Waals surface area contributed by atoms with Crippen molar-refractivity contribution in [3.05, 3.63) is 68.3 Å². The molecule has 7 nitrogen and oxygen atoms in total. The van der Waals surface area contributed by atoms with Crippen LogP contribution in [0.3, 0.4) is 0 Å². The molecular weight excluding hydrogens is 474 g/mol. The van der Waals surface area contributed by atoms with E-state index in [9.17, 15) is 20.2 Å². The van der Waals surface area contributed by atoms with Crippen LogP contribution in [-0.4, -0.2) is 9.85 Å². The van der Waals surface area contributed by atoms with Gasteiger partial charge < -0.3 is 4.74 Å². The molecule has 0 bridgehead atoms. The van der Waals surface area contributed by atoms with E-state index in [0.29, 0.717) is 11.7 Å². The SMILES string of the molecule is CC(C)c1c[c-]c(Oc2cc([N+](=O)[O-])cc([N+](=O)[O-])c2)cc1.[Re]. The summed E-state index contributed by atoms with van der Waals surface area (Å²) in [5.41, 5.74) is 0.267. The Kier molecular flexibility index (Phi) is 6.37. The molecule has 0 spiro atoms. The largest absolute Gasteiger partial charge is 0.483 e. The topological polar surface area (TPSA) is 95.5 Å². The molecule has 8 heteroatoms. The second-order valence-electron chi connectivity index (χ2n) is 4.94. The van der Waals surface area contributed by atoms with Crippen LogP contribution in [0.25, 0.3) is 0 Å². The molecule has 23 heavy (non-hydrogen) atoms. The quantitative estimate of drug-likeness (QED) is 0.358. The molecule has 121 valence electrons. The third-order valence-electron chi connectivity index (χ3n) is 3.00. The molecule has 0 aliphatic carbocycles. The van der Waals surface area contributed by atoms with Crippen molar-refractivity contribution in [2.24, 2.45) is 0 Å². The van der Waals surface area contributed by atoms with Crippen molar-refractivity contribution in [2.75, 3.05) is 0 Å². The number of ether oxygens (including phenoxy) is 1. The van der Waals surface area contributed by atoms with E-state index >= 15 is 0 Å². The van der Waals surface area contributed by atoms with Gasteiger partial charge in [0.2, 0.25) is 0 Å². The first kappa shape index (κ1) is 18.8. The van der Waals surface area contributed by atoms with Gasteiger partial charge in [0.25, 0.3) is 11.4 Å². The maximum absolute atomic E-state index is 10.8. The number of hydrogen-bond donors (Lipinski definition) is 0. The zero-order chi connectivity index (χ0) is 16.3. The number of nitrogens with zero attached hydrogens (tertiary/aromatic N) is 2. The third kappa shape index (κ3) is 4.84. The molecule has 2 aromatic rings. The van der Waals surface area contributed by atoms with Gasteiger partial charge >= 0.3 is 0 Å². The molecule has 0 heterocycles. The molecule has 0 aliphatic heterocycles. The van der Waals surface area contributed by atoms with Crippen molar-refractivity contribution in [3.63, 3.8) is 0 Å². The van der Waals surface area contributed by atoms with Crippen LogP contribution in [0.4, 0.5) is 11.4 Å².